The summed E-state index contributed by atoms with van der Waals surface area (Å²) in [5.41, 5.74) is -0.119. The third-order valence-corrected chi connectivity index (χ3v) is 2.12. The molecule has 0 saturated heterocycles. The molecule has 1 aromatic carbocycles. The molecule has 0 amide bonds. The third-order valence-electron chi connectivity index (χ3n) is 2.12. The van der Waals surface area contributed by atoms with Gasteiger partial charge < -0.3 is 20.1 Å². The summed E-state index contributed by atoms with van der Waals surface area (Å²) in [6, 6.07) is 3.99. The summed E-state index contributed by atoms with van der Waals surface area (Å²) < 4.78 is 4.97. The average Bonchev–Trinajstić information content (AvgIpc) is 2.28. The zero-order chi connectivity index (χ0) is 12.8. The molecule has 0 heterocycles. The Balaban J connectivity index is 3.10. The van der Waals surface area contributed by atoms with Gasteiger partial charge in [-0.05, 0) is 12.1 Å². The molecule has 6 heteroatoms. The molecule has 92 valence electrons. The minimum Gasteiger partial charge on any atom is -0.478 e. The second-order valence-corrected chi connectivity index (χ2v) is 3.22. The molecular formula is C11H12O6. The first-order valence-corrected chi connectivity index (χ1v) is 4.85. The molecule has 0 saturated carbocycles. The fraction of sp³-hybridized carbons (Fsp3) is 0.273. The summed E-state index contributed by atoms with van der Waals surface area (Å²) in [6.07, 6.45) is 0. The lowest BCUT2D eigenvalue weighted by Crippen LogP contribution is -2.12. The first-order chi connectivity index (χ1) is 8.07. The summed E-state index contributed by atoms with van der Waals surface area (Å²) in [5.74, 6) is -2.42. The van der Waals surface area contributed by atoms with Crippen LogP contribution in [-0.4, -0.2) is 40.5 Å². The Bertz CT molecular complexity index is 394. The number of carbonyl (C=O) groups is 2. The van der Waals surface area contributed by atoms with Crippen LogP contribution in [0.25, 0.3) is 0 Å². The molecule has 17 heavy (non-hydrogen) atoms. The van der Waals surface area contributed by atoms with Crippen LogP contribution < -0.4 is 0 Å². The summed E-state index contributed by atoms with van der Waals surface area (Å²) in [6.45, 7) is -0.352. The highest BCUT2D eigenvalue weighted by Crippen LogP contribution is 2.16. The summed E-state index contributed by atoms with van der Waals surface area (Å²) in [7, 11) is 0. The molecule has 0 unspecified atom stereocenters. The van der Waals surface area contributed by atoms with Crippen LogP contribution in [-0.2, 0) is 11.3 Å². The predicted molar refractivity (Wildman–Crippen MR) is 57.1 cm³/mol. The van der Waals surface area contributed by atoms with Gasteiger partial charge in [0.1, 0.15) is 0 Å². The lowest BCUT2D eigenvalue weighted by Gasteiger charge is -2.09. The van der Waals surface area contributed by atoms with Gasteiger partial charge in [0.15, 0.2) is 0 Å². The van der Waals surface area contributed by atoms with E-state index in [2.05, 4.69) is 0 Å². The van der Waals surface area contributed by atoms with Crippen LogP contribution >= 0.6 is 0 Å². The molecule has 0 aliphatic carbocycles. The van der Waals surface area contributed by atoms with Crippen molar-refractivity contribution in [3.05, 3.63) is 34.9 Å². The van der Waals surface area contributed by atoms with Crippen molar-refractivity contribution < 1.29 is 29.6 Å². The van der Waals surface area contributed by atoms with Crippen LogP contribution in [0.5, 0.6) is 0 Å². The fourth-order valence-corrected chi connectivity index (χ4v) is 1.38. The second-order valence-electron chi connectivity index (χ2n) is 3.22. The van der Waals surface area contributed by atoms with Crippen LogP contribution in [0.15, 0.2) is 18.2 Å². The van der Waals surface area contributed by atoms with Gasteiger partial charge in [0.2, 0.25) is 0 Å². The van der Waals surface area contributed by atoms with E-state index < -0.39 is 11.9 Å². The van der Waals surface area contributed by atoms with Crippen LogP contribution in [0.4, 0.5) is 0 Å². The molecule has 0 spiro atoms. The van der Waals surface area contributed by atoms with Crippen molar-refractivity contribution in [1.82, 2.24) is 0 Å². The Kier molecular flexibility index (Phi) is 4.62. The molecule has 1 rings (SSSR count). The highest BCUT2D eigenvalue weighted by atomic mass is 16.5. The van der Waals surface area contributed by atoms with E-state index in [4.69, 9.17) is 20.1 Å². The molecule has 0 aliphatic heterocycles. The Labute approximate surface area is 97.1 Å². The van der Waals surface area contributed by atoms with E-state index in [1.165, 1.54) is 18.2 Å². The zero-order valence-electron chi connectivity index (χ0n) is 8.92. The molecule has 1 aromatic rings. The van der Waals surface area contributed by atoms with Crippen molar-refractivity contribution in [1.29, 1.82) is 0 Å². The molecule has 3 N–H and O–H groups in total. The van der Waals surface area contributed by atoms with E-state index in [-0.39, 0.29) is 36.5 Å². The molecule has 6 nitrogen and oxygen atoms in total. The smallest absolute Gasteiger partial charge is 0.336 e. The number of carboxylic acid groups (broad SMARTS) is 2. The standard InChI is InChI=1S/C11H12O6/c12-4-5-17-6-9-7(10(13)14)2-1-3-8(9)11(15)16/h1-3,12H,4-6H2,(H,13,14)(H,15,16). The second kappa shape index (κ2) is 5.97. The van der Waals surface area contributed by atoms with E-state index in [1.54, 1.807) is 0 Å². The number of hydrogen-bond donors (Lipinski definition) is 3. The molecule has 0 aromatic heterocycles. The maximum atomic E-state index is 10.9. The summed E-state index contributed by atoms with van der Waals surface area (Å²) in [5, 5.41) is 26.4. The molecular weight excluding hydrogens is 228 g/mol. The number of ether oxygens (including phenoxy) is 1. The molecule has 0 radical (unpaired) electrons. The maximum absolute atomic E-state index is 10.9. The Hall–Kier alpha value is -1.92. The quantitative estimate of drug-likeness (QED) is 0.629. The van der Waals surface area contributed by atoms with Gasteiger partial charge in [-0.1, -0.05) is 6.07 Å². The minimum atomic E-state index is -1.21. The molecule has 0 atom stereocenters. The number of hydrogen-bond acceptors (Lipinski definition) is 4. The lowest BCUT2D eigenvalue weighted by atomic mass is 10.0. The number of carboxylic acids is 2. The van der Waals surface area contributed by atoms with Crippen molar-refractivity contribution in [3.8, 4) is 0 Å². The normalized spacial score (nSPS) is 10.2. The van der Waals surface area contributed by atoms with Gasteiger partial charge in [0.05, 0.1) is 30.9 Å². The fourth-order valence-electron chi connectivity index (χ4n) is 1.38. The number of rotatable bonds is 6. The third kappa shape index (κ3) is 3.27. The Morgan fingerprint density at radius 3 is 2.06 bits per heavy atom. The molecule has 0 bridgehead atoms. The maximum Gasteiger partial charge on any atom is 0.336 e. The largest absolute Gasteiger partial charge is 0.478 e. The average molecular weight is 240 g/mol. The predicted octanol–water partition coefficient (Wildman–Crippen LogP) is 0.592. The summed E-state index contributed by atoms with van der Waals surface area (Å²) >= 11 is 0. The van der Waals surface area contributed by atoms with Gasteiger partial charge >= 0.3 is 11.9 Å². The highest BCUT2D eigenvalue weighted by Gasteiger charge is 2.17. The van der Waals surface area contributed by atoms with Crippen molar-refractivity contribution in [2.75, 3.05) is 13.2 Å². The van der Waals surface area contributed by atoms with E-state index in [9.17, 15) is 9.59 Å². The van der Waals surface area contributed by atoms with Crippen molar-refractivity contribution in [2.45, 2.75) is 6.61 Å². The Morgan fingerprint density at radius 2 is 1.65 bits per heavy atom. The topological polar surface area (TPSA) is 104 Å². The van der Waals surface area contributed by atoms with E-state index >= 15 is 0 Å². The molecule has 0 fully saturated rings. The highest BCUT2D eigenvalue weighted by molar-refractivity contribution is 5.96. The van der Waals surface area contributed by atoms with Crippen molar-refractivity contribution >= 4 is 11.9 Å². The van der Waals surface area contributed by atoms with E-state index in [0.29, 0.717) is 0 Å². The van der Waals surface area contributed by atoms with Gasteiger partial charge in [-0.25, -0.2) is 9.59 Å². The Morgan fingerprint density at radius 1 is 1.12 bits per heavy atom. The first-order valence-electron chi connectivity index (χ1n) is 4.85. The monoisotopic (exact) mass is 240 g/mol. The number of aromatic carboxylic acids is 2. The lowest BCUT2D eigenvalue weighted by molar-refractivity contribution is 0.0654. The van der Waals surface area contributed by atoms with Gasteiger partial charge in [-0.2, -0.15) is 0 Å². The number of benzene rings is 1. The van der Waals surface area contributed by atoms with Crippen LogP contribution in [0.2, 0.25) is 0 Å². The number of aliphatic hydroxyl groups is 1. The zero-order valence-corrected chi connectivity index (χ0v) is 8.92. The van der Waals surface area contributed by atoms with Gasteiger partial charge in [0.25, 0.3) is 0 Å². The van der Waals surface area contributed by atoms with Crippen LogP contribution in [0.3, 0.4) is 0 Å². The van der Waals surface area contributed by atoms with Crippen LogP contribution in [0.1, 0.15) is 26.3 Å². The van der Waals surface area contributed by atoms with Gasteiger partial charge in [0, 0.05) is 5.56 Å². The SMILES string of the molecule is O=C(O)c1cccc(C(=O)O)c1COCCO. The van der Waals surface area contributed by atoms with E-state index in [0.717, 1.165) is 0 Å². The first kappa shape index (κ1) is 13.1. The molecule has 0 aliphatic rings. The van der Waals surface area contributed by atoms with Gasteiger partial charge in [-0.3, -0.25) is 0 Å². The minimum absolute atomic E-state index is 0.0208. The van der Waals surface area contributed by atoms with Crippen LogP contribution in [0, 0.1) is 0 Å². The van der Waals surface area contributed by atoms with Crippen molar-refractivity contribution in [3.63, 3.8) is 0 Å². The van der Waals surface area contributed by atoms with Gasteiger partial charge in [-0.15, -0.1) is 0 Å². The summed E-state index contributed by atoms with van der Waals surface area (Å²) in [4.78, 5) is 21.9. The number of aliphatic hydroxyl groups excluding tert-OH is 1. The van der Waals surface area contributed by atoms with E-state index in [1.807, 2.05) is 0 Å². The van der Waals surface area contributed by atoms with Crippen molar-refractivity contribution in [2.24, 2.45) is 0 Å².